The van der Waals surface area contributed by atoms with Crippen molar-refractivity contribution in [3.63, 3.8) is 0 Å². The summed E-state index contributed by atoms with van der Waals surface area (Å²) in [5.41, 5.74) is 1.15. The van der Waals surface area contributed by atoms with E-state index in [1.54, 1.807) is 11.0 Å². The minimum Gasteiger partial charge on any atom is -0.293 e. The zero-order valence-electron chi connectivity index (χ0n) is 11.2. The summed E-state index contributed by atoms with van der Waals surface area (Å²) in [5, 5.41) is 6.95. The van der Waals surface area contributed by atoms with Gasteiger partial charge in [-0.1, -0.05) is 44.2 Å². The van der Waals surface area contributed by atoms with Gasteiger partial charge in [-0.2, -0.15) is 0 Å². The lowest BCUT2D eigenvalue weighted by Crippen LogP contribution is -2.20. The fraction of sp³-hybridized carbons (Fsp3) is 0.357. The molecule has 19 heavy (non-hydrogen) atoms. The summed E-state index contributed by atoms with van der Waals surface area (Å²) in [4.78, 5) is 15.8. The number of nitrogens with zero attached hydrogens (tertiary/aromatic N) is 3. The Bertz CT molecular complexity index is 535. The molecule has 5 heteroatoms. The lowest BCUT2D eigenvalue weighted by atomic mass is 10.1. The zero-order valence-corrected chi connectivity index (χ0v) is 11.2. The molecule has 2 rings (SSSR count). The van der Waals surface area contributed by atoms with Gasteiger partial charge in [0, 0.05) is 5.92 Å². The van der Waals surface area contributed by atoms with E-state index in [9.17, 15) is 4.79 Å². The summed E-state index contributed by atoms with van der Waals surface area (Å²) < 4.78 is 1.71. The first kappa shape index (κ1) is 13.3. The molecule has 1 aromatic heterocycles. The Morgan fingerprint density at radius 3 is 2.79 bits per heavy atom. The van der Waals surface area contributed by atoms with Crippen LogP contribution in [0.3, 0.4) is 0 Å². The van der Waals surface area contributed by atoms with E-state index in [4.69, 9.17) is 0 Å². The van der Waals surface area contributed by atoms with Gasteiger partial charge in [0.15, 0.2) is 0 Å². The normalized spacial score (nSPS) is 12.1. The molecular formula is C14H18N4O. The van der Waals surface area contributed by atoms with E-state index in [0.717, 1.165) is 12.0 Å². The highest BCUT2D eigenvalue weighted by Crippen LogP contribution is 2.06. The highest BCUT2D eigenvalue weighted by atomic mass is 16.2. The van der Waals surface area contributed by atoms with Crippen LogP contribution in [0.25, 0.3) is 0 Å². The summed E-state index contributed by atoms with van der Waals surface area (Å²) in [6.45, 7) is 4.51. The van der Waals surface area contributed by atoms with Crippen molar-refractivity contribution in [3.05, 3.63) is 42.2 Å². The van der Waals surface area contributed by atoms with Crippen molar-refractivity contribution >= 4 is 11.9 Å². The number of carbonyl (C=O) groups excluding carboxylic acids is 1. The number of benzene rings is 1. The minimum atomic E-state index is -0.0417. The van der Waals surface area contributed by atoms with Crippen molar-refractivity contribution in [2.45, 2.75) is 26.8 Å². The first-order chi connectivity index (χ1) is 9.19. The standard InChI is InChI=1S/C14H18N4O/c1-3-11(2)13(19)16-14-15-10-18(17-14)9-12-7-5-4-6-8-12/h4-8,10-11H,3,9H2,1-2H3,(H,16,17,19). The van der Waals surface area contributed by atoms with Crippen LogP contribution in [0, 0.1) is 5.92 Å². The third kappa shape index (κ3) is 3.64. The molecule has 5 nitrogen and oxygen atoms in total. The highest BCUT2D eigenvalue weighted by molar-refractivity contribution is 5.90. The van der Waals surface area contributed by atoms with Crippen molar-refractivity contribution in [3.8, 4) is 0 Å². The van der Waals surface area contributed by atoms with Gasteiger partial charge >= 0.3 is 0 Å². The maximum Gasteiger partial charge on any atom is 0.248 e. The Hall–Kier alpha value is -2.17. The molecule has 1 amide bonds. The van der Waals surface area contributed by atoms with Gasteiger partial charge in [0.1, 0.15) is 6.33 Å². The number of nitrogens with one attached hydrogen (secondary N) is 1. The Kier molecular flexibility index (Phi) is 4.28. The Morgan fingerprint density at radius 2 is 2.11 bits per heavy atom. The maximum atomic E-state index is 11.7. The summed E-state index contributed by atoms with van der Waals surface area (Å²) in [5.74, 6) is 0.294. The van der Waals surface area contributed by atoms with Crippen LogP contribution in [0.5, 0.6) is 0 Å². The number of hydrogen-bond acceptors (Lipinski definition) is 3. The molecule has 0 fully saturated rings. The number of carbonyl (C=O) groups is 1. The molecule has 1 atom stereocenters. The monoisotopic (exact) mass is 258 g/mol. The molecule has 0 spiro atoms. The number of anilines is 1. The van der Waals surface area contributed by atoms with Crippen molar-refractivity contribution in [2.75, 3.05) is 5.32 Å². The first-order valence-corrected chi connectivity index (χ1v) is 6.43. The second kappa shape index (κ2) is 6.13. The molecule has 1 heterocycles. The molecule has 0 saturated carbocycles. The van der Waals surface area contributed by atoms with Crippen LogP contribution < -0.4 is 5.32 Å². The Morgan fingerprint density at radius 1 is 1.37 bits per heavy atom. The predicted octanol–water partition coefficient (Wildman–Crippen LogP) is 2.31. The first-order valence-electron chi connectivity index (χ1n) is 6.43. The molecule has 1 aromatic carbocycles. The van der Waals surface area contributed by atoms with Crippen LogP contribution >= 0.6 is 0 Å². The number of rotatable bonds is 5. The molecule has 0 aliphatic rings. The highest BCUT2D eigenvalue weighted by Gasteiger charge is 2.12. The van der Waals surface area contributed by atoms with E-state index in [2.05, 4.69) is 15.4 Å². The Balaban J connectivity index is 1.98. The second-order valence-electron chi connectivity index (χ2n) is 4.55. The van der Waals surface area contributed by atoms with Crippen LogP contribution in [0.4, 0.5) is 5.95 Å². The third-order valence-corrected chi connectivity index (χ3v) is 3.02. The molecule has 1 unspecified atom stereocenters. The van der Waals surface area contributed by atoms with Crippen LogP contribution in [0.2, 0.25) is 0 Å². The quantitative estimate of drug-likeness (QED) is 0.895. The molecule has 0 radical (unpaired) electrons. The lowest BCUT2D eigenvalue weighted by Gasteiger charge is -2.06. The number of amides is 1. The van der Waals surface area contributed by atoms with Crippen molar-refractivity contribution < 1.29 is 4.79 Å². The van der Waals surface area contributed by atoms with Gasteiger partial charge in [-0.25, -0.2) is 9.67 Å². The number of aromatic nitrogens is 3. The van der Waals surface area contributed by atoms with Gasteiger partial charge in [-0.15, -0.1) is 5.10 Å². The molecule has 100 valence electrons. The van der Waals surface area contributed by atoms with Crippen LogP contribution in [-0.2, 0) is 11.3 Å². The molecular weight excluding hydrogens is 240 g/mol. The van der Waals surface area contributed by atoms with E-state index in [-0.39, 0.29) is 11.8 Å². The van der Waals surface area contributed by atoms with E-state index in [1.807, 2.05) is 44.2 Å². The zero-order chi connectivity index (χ0) is 13.7. The topological polar surface area (TPSA) is 59.8 Å². The fourth-order valence-electron chi connectivity index (χ4n) is 1.62. The fourth-order valence-corrected chi connectivity index (χ4v) is 1.62. The van der Waals surface area contributed by atoms with E-state index >= 15 is 0 Å². The van der Waals surface area contributed by atoms with E-state index in [1.165, 1.54) is 0 Å². The average molecular weight is 258 g/mol. The van der Waals surface area contributed by atoms with Crippen LogP contribution in [0.1, 0.15) is 25.8 Å². The van der Waals surface area contributed by atoms with Gasteiger partial charge in [-0.3, -0.25) is 10.1 Å². The predicted molar refractivity (Wildman–Crippen MR) is 73.7 cm³/mol. The van der Waals surface area contributed by atoms with Crippen molar-refractivity contribution in [2.24, 2.45) is 5.92 Å². The molecule has 0 aliphatic carbocycles. The number of hydrogen-bond donors (Lipinski definition) is 1. The maximum absolute atomic E-state index is 11.7. The molecule has 0 aliphatic heterocycles. The van der Waals surface area contributed by atoms with Gasteiger partial charge in [0.2, 0.25) is 11.9 Å². The van der Waals surface area contributed by atoms with Crippen LogP contribution in [0.15, 0.2) is 36.7 Å². The minimum absolute atomic E-state index is 0.0268. The van der Waals surface area contributed by atoms with Gasteiger partial charge in [-0.05, 0) is 12.0 Å². The smallest absolute Gasteiger partial charge is 0.248 e. The van der Waals surface area contributed by atoms with Crippen LogP contribution in [-0.4, -0.2) is 20.7 Å². The van der Waals surface area contributed by atoms with Gasteiger partial charge in [0.05, 0.1) is 6.54 Å². The van der Waals surface area contributed by atoms with E-state index < -0.39 is 0 Å². The molecule has 0 bridgehead atoms. The summed E-state index contributed by atoms with van der Waals surface area (Å²) >= 11 is 0. The summed E-state index contributed by atoms with van der Waals surface area (Å²) in [6.07, 6.45) is 2.43. The summed E-state index contributed by atoms with van der Waals surface area (Å²) in [7, 11) is 0. The SMILES string of the molecule is CCC(C)C(=O)Nc1ncn(Cc2ccccc2)n1. The van der Waals surface area contributed by atoms with Crippen molar-refractivity contribution in [1.29, 1.82) is 0 Å². The lowest BCUT2D eigenvalue weighted by molar-refractivity contribution is -0.119. The Labute approximate surface area is 112 Å². The molecule has 1 N–H and O–H groups in total. The van der Waals surface area contributed by atoms with Crippen molar-refractivity contribution in [1.82, 2.24) is 14.8 Å². The molecule has 0 saturated heterocycles. The van der Waals surface area contributed by atoms with Gasteiger partial charge in [0.25, 0.3) is 0 Å². The second-order valence-corrected chi connectivity index (χ2v) is 4.55. The summed E-state index contributed by atoms with van der Waals surface area (Å²) in [6, 6.07) is 10.00. The largest absolute Gasteiger partial charge is 0.293 e. The third-order valence-electron chi connectivity index (χ3n) is 3.02. The van der Waals surface area contributed by atoms with Gasteiger partial charge < -0.3 is 0 Å². The molecule has 2 aromatic rings. The van der Waals surface area contributed by atoms with E-state index in [0.29, 0.717) is 12.5 Å². The average Bonchev–Trinajstić information content (AvgIpc) is 2.86.